The van der Waals surface area contributed by atoms with Crippen molar-refractivity contribution in [2.75, 3.05) is 18.7 Å². The lowest BCUT2D eigenvalue weighted by Gasteiger charge is -2.13. The van der Waals surface area contributed by atoms with E-state index in [4.69, 9.17) is 16.3 Å². The minimum absolute atomic E-state index is 0.219. The summed E-state index contributed by atoms with van der Waals surface area (Å²) in [6, 6.07) is 19.0. The summed E-state index contributed by atoms with van der Waals surface area (Å²) in [6.45, 7) is 0. The van der Waals surface area contributed by atoms with E-state index in [1.54, 1.807) is 66.4 Å². The van der Waals surface area contributed by atoms with Gasteiger partial charge in [0, 0.05) is 21.0 Å². The molecule has 0 fully saturated rings. The molecule has 3 aromatic carbocycles. The Bertz CT molecular complexity index is 1020. The van der Waals surface area contributed by atoms with Gasteiger partial charge in [-0.25, -0.2) is 0 Å². The molecule has 0 aromatic heterocycles. The van der Waals surface area contributed by atoms with Crippen molar-refractivity contribution >= 4 is 40.7 Å². The highest BCUT2D eigenvalue weighted by Gasteiger charge is 2.18. The van der Waals surface area contributed by atoms with Gasteiger partial charge in [0.2, 0.25) is 0 Å². The molecule has 3 rings (SSSR count). The quantitative estimate of drug-likeness (QED) is 0.426. The summed E-state index contributed by atoms with van der Waals surface area (Å²) in [4.78, 5) is 26.7. The van der Waals surface area contributed by atoms with Crippen LogP contribution in [0.25, 0.3) is 0 Å². The Balaban J connectivity index is 1.95. The van der Waals surface area contributed by atoms with Gasteiger partial charge in [0.05, 0.1) is 18.4 Å². The molecule has 0 saturated heterocycles. The zero-order chi connectivity index (χ0) is 20.1. The van der Waals surface area contributed by atoms with E-state index in [1.165, 1.54) is 7.11 Å². The highest BCUT2D eigenvalue weighted by Crippen LogP contribution is 2.28. The SMILES string of the molecule is COc1cc(SC)ccc1C(=O)Nc1ccc(Cl)cc1C(=O)c1ccccc1. The Hall–Kier alpha value is -2.76. The lowest BCUT2D eigenvalue weighted by Crippen LogP contribution is -2.16. The summed E-state index contributed by atoms with van der Waals surface area (Å²) in [5.74, 6) is -0.119. The minimum atomic E-state index is -0.367. The van der Waals surface area contributed by atoms with Crippen molar-refractivity contribution in [2.45, 2.75) is 4.90 Å². The molecule has 142 valence electrons. The number of methoxy groups -OCH3 is 1. The van der Waals surface area contributed by atoms with E-state index < -0.39 is 0 Å². The van der Waals surface area contributed by atoms with Gasteiger partial charge in [-0.3, -0.25) is 9.59 Å². The molecule has 0 saturated carbocycles. The van der Waals surface area contributed by atoms with E-state index in [0.717, 1.165) is 4.90 Å². The van der Waals surface area contributed by atoms with Gasteiger partial charge in [0.1, 0.15) is 5.75 Å². The zero-order valence-electron chi connectivity index (χ0n) is 15.4. The maximum atomic E-state index is 12.9. The molecule has 0 spiro atoms. The third-order valence-electron chi connectivity index (χ3n) is 4.16. The number of ketones is 1. The number of thioether (sulfide) groups is 1. The predicted octanol–water partition coefficient (Wildman–Crippen LogP) is 5.55. The number of amides is 1. The van der Waals surface area contributed by atoms with Gasteiger partial charge < -0.3 is 10.1 Å². The Kier molecular flexibility index (Phi) is 6.39. The van der Waals surface area contributed by atoms with Crippen molar-refractivity contribution in [2.24, 2.45) is 0 Å². The van der Waals surface area contributed by atoms with E-state index in [0.29, 0.717) is 33.1 Å². The molecule has 4 nitrogen and oxygen atoms in total. The van der Waals surface area contributed by atoms with Crippen LogP contribution in [0.3, 0.4) is 0 Å². The van der Waals surface area contributed by atoms with Crippen LogP contribution in [0.2, 0.25) is 5.02 Å². The van der Waals surface area contributed by atoms with Crippen molar-refractivity contribution in [3.8, 4) is 5.75 Å². The number of hydrogen-bond donors (Lipinski definition) is 1. The average molecular weight is 412 g/mol. The second-order valence-electron chi connectivity index (χ2n) is 5.91. The van der Waals surface area contributed by atoms with Gasteiger partial charge in [-0.05, 0) is 42.7 Å². The van der Waals surface area contributed by atoms with E-state index in [9.17, 15) is 9.59 Å². The van der Waals surface area contributed by atoms with E-state index >= 15 is 0 Å². The number of carbonyl (C=O) groups excluding carboxylic acids is 2. The van der Waals surface area contributed by atoms with Crippen LogP contribution in [0.5, 0.6) is 5.75 Å². The molecule has 0 aliphatic heterocycles. The van der Waals surface area contributed by atoms with Gasteiger partial charge in [0.15, 0.2) is 5.78 Å². The van der Waals surface area contributed by atoms with E-state index in [1.807, 2.05) is 18.4 Å². The Morgan fingerprint density at radius 1 is 0.964 bits per heavy atom. The predicted molar refractivity (Wildman–Crippen MR) is 114 cm³/mol. The van der Waals surface area contributed by atoms with E-state index in [2.05, 4.69) is 5.32 Å². The first-order chi connectivity index (χ1) is 13.5. The third-order valence-corrected chi connectivity index (χ3v) is 5.12. The molecule has 1 N–H and O–H groups in total. The smallest absolute Gasteiger partial charge is 0.259 e. The van der Waals surface area contributed by atoms with Crippen molar-refractivity contribution in [1.82, 2.24) is 0 Å². The highest BCUT2D eigenvalue weighted by atomic mass is 35.5. The van der Waals surface area contributed by atoms with Gasteiger partial charge in [-0.15, -0.1) is 11.8 Å². The van der Waals surface area contributed by atoms with Crippen LogP contribution in [-0.2, 0) is 0 Å². The summed E-state index contributed by atoms with van der Waals surface area (Å²) >= 11 is 7.65. The van der Waals surface area contributed by atoms with Crippen LogP contribution < -0.4 is 10.1 Å². The van der Waals surface area contributed by atoms with Crippen LogP contribution >= 0.6 is 23.4 Å². The monoisotopic (exact) mass is 411 g/mol. The third kappa shape index (κ3) is 4.38. The molecule has 1 amide bonds. The normalized spacial score (nSPS) is 10.4. The van der Waals surface area contributed by atoms with Crippen LogP contribution in [0.15, 0.2) is 71.6 Å². The molecule has 0 atom stereocenters. The van der Waals surface area contributed by atoms with Crippen molar-refractivity contribution in [3.63, 3.8) is 0 Å². The minimum Gasteiger partial charge on any atom is -0.496 e. The number of nitrogens with one attached hydrogen (secondary N) is 1. The van der Waals surface area contributed by atoms with Gasteiger partial charge in [0.25, 0.3) is 5.91 Å². The zero-order valence-corrected chi connectivity index (χ0v) is 16.9. The van der Waals surface area contributed by atoms with Crippen molar-refractivity contribution in [1.29, 1.82) is 0 Å². The van der Waals surface area contributed by atoms with Crippen LogP contribution in [0, 0.1) is 0 Å². The largest absolute Gasteiger partial charge is 0.496 e. The molecule has 0 aliphatic carbocycles. The molecule has 0 bridgehead atoms. The molecular formula is C22H18ClNO3S. The maximum absolute atomic E-state index is 12.9. The van der Waals surface area contributed by atoms with Gasteiger partial charge >= 0.3 is 0 Å². The van der Waals surface area contributed by atoms with E-state index in [-0.39, 0.29) is 11.7 Å². The molecule has 0 aliphatic rings. The number of rotatable bonds is 6. The number of hydrogen-bond acceptors (Lipinski definition) is 4. The molecule has 0 heterocycles. The molecular weight excluding hydrogens is 394 g/mol. The number of carbonyl (C=O) groups is 2. The fraction of sp³-hybridized carbons (Fsp3) is 0.0909. The standard InChI is InChI=1S/C22H18ClNO3S/c1-27-20-13-16(28-2)9-10-17(20)22(26)24-19-11-8-15(23)12-18(19)21(25)14-6-4-3-5-7-14/h3-13H,1-2H3,(H,24,26). The Labute approximate surface area is 172 Å². The fourth-order valence-electron chi connectivity index (χ4n) is 2.73. The van der Waals surface area contributed by atoms with Gasteiger partial charge in [-0.1, -0.05) is 41.9 Å². The van der Waals surface area contributed by atoms with Gasteiger partial charge in [-0.2, -0.15) is 0 Å². The Morgan fingerprint density at radius 2 is 1.71 bits per heavy atom. The average Bonchev–Trinajstić information content (AvgIpc) is 2.74. The lowest BCUT2D eigenvalue weighted by atomic mass is 10.0. The summed E-state index contributed by atoms with van der Waals surface area (Å²) in [7, 11) is 1.52. The number of ether oxygens (including phenoxy) is 1. The second kappa shape index (κ2) is 8.95. The van der Waals surface area contributed by atoms with Crippen LogP contribution in [0.4, 0.5) is 5.69 Å². The molecule has 0 unspecified atom stereocenters. The number of anilines is 1. The molecule has 3 aromatic rings. The highest BCUT2D eigenvalue weighted by molar-refractivity contribution is 7.98. The second-order valence-corrected chi connectivity index (χ2v) is 7.22. The first-order valence-electron chi connectivity index (χ1n) is 8.46. The fourth-order valence-corrected chi connectivity index (χ4v) is 3.34. The number of benzene rings is 3. The number of halogens is 1. The summed E-state index contributed by atoms with van der Waals surface area (Å²) in [6.07, 6.45) is 1.95. The molecule has 6 heteroatoms. The van der Waals surface area contributed by atoms with Crippen molar-refractivity contribution in [3.05, 3.63) is 88.4 Å². The first kappa shape index (κ1) is 20.0. The summed E-state index contributed by atoms with van der Waals surface area (Å²) in [5, 5.41) is 3.23. The summed E-state index contributed by atoms with van der Waals surface area (Å²) < 4.78 is 5.35. The first-order valence-corrected chi connectivity index (χ1v) is 10.1. The lowest BCUT2D eigenvalue weighted by molar-refractivity contribution is 0.102. The Morgan fingerprint density at radius 3 is 2.39 bits per heavy atom. The molecule has 28 heavy (non-hydrogen) atoms. The maximum Gasteiger partial charge on any atom is 0.259 e. The topological polar surface area (TPSA) is 55.4 Å². The summed E-state index contributed by atoms with van der Waals surface area (Å²) in [5.41, 5.74) is 1.61. The van der Waals surface area contributed by atoms with Crippen LogP contribution in [-0.4, -0.2) is 25.1 Å². The van der Waals surface area contributed by atoms with Crippen molar-refractivity contribution < 1.29 is 14.3 Å². The molecule has 0 radical (unpaired) electrons. The van der Waals surface area contributed by atoms with Crippen LogP contribution in [0.1, 0.15) is 26.3 Å².